The lowest BCUT2D eigenvalue weighted by molar-refractivity contribution is -0.138. The van der Waals surface area contributed by atoms with E-state index >= 15 is 0 Å². The van der Waals surface area contributed by atoms with E-state index in [1.807, 2.05) is 36.4 Å². The lowest BCUT2D eigenvalue weighted by atomic mass is 10.0. The highest BCUT2D eigenvalue weighted by molar-refractivity contribution is 5.73. The maximum atomic E-state index is 10.7. The summed E-state index contributed by atoms with van der Waals surface area (Å²) in [5.74, 6) is -0.993. The molecule has 1 heterocycles. The second-order valence-corrected chi connectivity index (χ2v) is 4.06. The van der Waals surface area contributed by atoms with E-state index in [9.17, 15) is 4.79 Å². The van der Waals surface area contributed by atoms with E-state index < -0.39 is 12.0 Å². The lowest BCUT2D eigenvalue weighted by Gasteiger charge is -2.07. The third-order valence-electron chi connectivity index (χ3n) is 2.67. The fourth-order valence-corrected chi connectivity index (χ4v) is 1.71. The number of carboxylic acid groups (broad SMARTS) is 1. The molecule has 3 N–H and O–H groups in total. The lowest BCUT2D eigenvalue weighted by Crippen LogP contribution is -2.32. The van der Waals surface area contributed by atoms with E-state index in [0.717, 1.165) is 16.8 Å². The molecule has 1 atom stereocenters. The van der Waals surface area contributed by atoms with Crippen molar-refractivity contribution in [2.24, 2.45) is 5.73 Å². The largest absolute Gasteiger partial charge is 0.480 e. The summed E-state index contributed by atoms with van der Waals surface area (Å²) < 4.78 is 0. The van der Waals surface area contributed by atoms with Gasteiger partial charge in [0, 0.05) is 11.8 Å². The highest BCUT2D eigenvalue weighted by Gasteiger charge is 2.12. The number of nitrogens with two attached hydrogens (primary N) is 1. The smallest absolute Gasteiger partial charge is 0.320 e. The fraction of sp³-hybridized carbons (Fsp3) is 0.143. The van der Waals surface area contributed by atoms with Crippen molar-refractivity contribution >= 4 is 5.97 Å². The normalized spacial score (nSPS) is 12.1. The summed E-state index contributed by atoms with van der Waals surface area (Å²) >= 11 is 0. The number of carbonyl (C=O) groups is 1. The number of aromatic nitrogens is 1. The Labute approximate surface area is 105 Å². The van der Waals surface area contributed by atoms with Crippen LogP contribution in [0.25, 0.3) is 11.3 Å². The zero-order valence-corrected chi connectivity index (χ0v) is 9.78. The summed E-state index contributed by atoms with van der Waals surface area (Å²) in [6, 6.07) is 12.5. The van der Waals surface area contributed by atoms with Crippen molar-refractivity contribution < 1.29 is 9.90 Å². The van der Waals surface area contributed by atoms with E-state index in [4.69, 9.17) is 10.8 Å². The number of aliphatic carboxylic acids is 1. The molecule has 0 saturated carbocycles. The van der Waals surface area contributed by atoms with Crippen LogP contribution in [0.3, 0.4) is 0 Å². The first-order valence-electron chi connectivity index (χ1n) is 5.65. The molecule has 4 heteroatoms. The Kier molecular flexibility index (Phi) is 3.69. The van der Waals surface area contributed by atoms with Gasteiger partial charge in [0.05, 0.1) is 5.69 Å². The van der Waals surface area contributed by atoms with Crippen LogP contribution in [0.1, 0.15) is 5.56 Å². The second-order valence-electron chi connectivity index (χ2n) is 4.06. The molecule has 0 aliphatic carbocycles. The summed E-state index contributed by atoms with van der Waals surface area (Å²) in [6.07, 6.45) is 1.98. The van der Waals surface area contributed by atoms with Crippen molar-refractivity contribution in [1.29, 1.82) is 0 Å². The summed E-state index contributed by atoms with van der Waals surface area (Å²) in [5.41, 5.74) is 8.22. The van der Waals surface area contributed by atoms with Crippen molar-refractivity contribution in [2.75, 3.05) is 0 Å². The maximum Gasteiger partial charge on any atom is 0.320 e. The Morgan fingerprint density at radius 3 is 2.67 bits per heavy atom. The molecule has 0 aliphatic rings. The molecular formula is C14H14N2O2. The standard InChI is InChI=1S/C14H14N2O2/c15-12(14(17)18)8-10-6-7-16-13(9-10)11-4-2-1-3-5-11/h1-7,9,12H,8,15H2,(H,17,18). The minimum atomic E-state index is -0.993. The Morgan fingerprint density at radius 1 is 1.28 bits per heavy atom. The van der Waals surface area contributed by atoms with Crippen LogP contribution >= 0.6 is 0 Å². The zero-order chi connectivity index (χ0) is 13.0. The van der Waals surface area contributed by atoms with Gasteiger partial charge in [-0.05, 0) is 24.1 Å². The zero-order valence-electron chi connectivity index (χ0n) is 9.78. The van der Waals surface area contributed by atoms with E-state index in [0.29, 0.717) is 6.42 Å². The monoisotopic (exact) mass is 242 g/mol. The molecule has 0 radical (unpaired) electrons. The van der Waals surface area contributed by atoms with Crippen LogP contribution in [-0.4, -0.2) is 22.1 Å². The number of hydrogen-bond acceptors (Lipinski definition) is 3. The predicted molar refractivity (Wildman–Crippen MR) is 69.0 cm³/mol. The van der Waals surface area contributed by atoms with Gasteiger partial charge in [0.15, 0.2) is 0 Å². The fourth-order valence-electron chi connectivity index (χ4n) is 1.71. The summed E-state index contributed by atoms with van der Waals surface area (Å²) in [6.45, 7) is 0. The number of nitrogens with zero attached hydrogens (tertiary/aromatic N) is 1. The van der Waals surface area contributed by atoms with Gasteiger partial charge in [0.1, 0.15) is 6.04 Å². The molecule has 92 valence electrons. The Bertz CT molecular complexity index is 541. The van der Waals surface area contributed by atoms with Crippen molar-refractivity contribution in [3.63, 3.8) is 0 Å². The van der Waals surface area contributed by atoms with Crippen LogP contribution in [0, 0.1) is 0 Å². The summed E-state index contributed by atoms with van der Waals surface area (Å²) in [7, 11) is 0. The Hall–Kier alpha value is -2.20. The van der Waals surface area contributed by atoms with Gasteiger partial charge in [-0.1, -0.05) is 30.3 Å². The SMILES string of the molecule is NC(Cc1ccnc(-c2ccccc2)c1)C(=O)O. The van der Waals surface area contributed by atoms with E-state index in [1.165, 1.54) is 0 Å². The average molecular weight is 242 g/mol. The van der Waals surface area contributed by atoms with Crippen LogP contribution in [0.4, 0.5) is 0 Å². The first-order chi connectivity index (χ1) is 8.66. The molecule has 0 saturated heterocycles. The molecule has 0 bridgehead atoms. The van der Waals surface area contributed by atoms with Crippen LogP contribution < -0.4 is 5.73 Å². The van der Waals surface area contributed by atoms with Gasteiger partial charge in [-0.15, -0.1) is 0 Å². The van der Waals surface area contributed by atoms with Gasteiger partial charge < -0.3 is 10.8 Å². The van der Waals surface area contributed by atoms with E-state index in [2.05, 4.69) is 4.98 Å². The third kappa shape index (κ3) is 2.93. The number of hydrogen-bond donors (Lipinski definition) is 2. The maximum absolute atomic E-state index is 10.7. The van der Waals surface area contributed by atoms with Crippen molar-refractivity contribution in [3.05, 3.63) is 54.2 Å². The van der Waals surface area contributed by atoms with Crippen molar-refractivity contribution in [2.45, 2.75) is 12.5 Å². The third-order valence-corrected chi connectivity index (χ3v) is 2.67. The van der Waals surface area contributed by atoms with Gasteiger partial charge in [0.25, 0.3) is 0 Å². The molecule has 1 unspecified atom stereocenters. The van der Waals surface area contributed by atoms with E-state index in [1.54, 1.807) is 12.3 Å². The summed E-state index contributed by atoms with van der Waals surface area (Å²) in [5, 5.41) is 8.79. The first kappa shape index (κ1) is 12.3. The van der Waals surface area contributed by atoms with Gasteiger partial charge in [0.2, 0.25) is 0 Å². The molecule has 4 nitrogen and oxygen atoms in total. The molecule has 2 rings (SSSR count). The highest BCUT2D eigenvalue weighted by Crippen LogP contribution is 2.17. The average Bonchev–Trinajstić information content (AvgIpc) is 2.40. The van der Waals surface area contributed by atoms with Crippen LogP contribution in [-0.2, 0) is 11.2 Å². The minimum absolute atomic E-state index is 0.303. The van der Waals surface area contributed by atoms with Gasteiger partial charge in [-0.25, -0.2) is 0 Å². The van der Waals surface area contributed by atoms with Crippen LogP contribution in [0.2, 0.25) is 0 Å². The molecule has 18 heavy (non-hydrogen) atoms. The molecule has 1 aromatic carbocycles. The first-order valence-corrected chi connectivity index (χ1v) is 5.65. The minimum Gasteiger partial charge on any atom is -0.480 e. The topological polar surface area (TPSA) is 76.2 Å². The molecule has 0 amide bonds. The quantitative estimate of drug-likeness (QED) is 0.855. The molecule has 0 fully saturated rings. The number of carboxylic acids is 1. The van der Waals surface area contributed by atoms with Crippen molar-refractivity contribution in [3.8, 4) is 11.3 Å². The number of rotatable bonds is 4. The van der Waals surface area contributed by atoms with Gasteiger partial charge in [-0.3, -0.25) is 9.78 Å². The van der Waals surface area contributed by atoms with E-state index in [-0.39, 0.29) is 0 Å². The predicted octanol–water partition coefficient (Wildman–Crippen LogP) is 1.70. The molecule has 0 aliphatic heterocycles. The summed E-state index contributed by atoms with van der Waals surface area (Å²) in [4.78, 5) is 15.0. The number of benzene rings is 1. The highest BCUT2D eigenvalue weighted by atomic mass is 16.4. The van der Waals surface area contributed by atoms with Crippen LogP contribution in [0.5, 0.6) is 0 Å². The molecular weight excluding hydrogens is 228 g/mol. The van der Waals surface area contributed by atoms with Gasteiger partial charge in [-0.2, -0.15) is 0 Å². The Balaban J connectivity index is 2.23. The van der Waals surface area contributed by atoms with Crippen molar-refractivity contribution in [1.82, 2.24) is 4.98 Å². The number of pyridine rings is 1. The molecule has 2 aromatic rings. The Morgan fingerprint density at radius 2 is 2.00 bits per heavy atom. The molecule has 0 spiro atoms. The van der Waals surface area contributed by atoms with Crippen LogP contribution in [0.15, 0.2) is 48.7 Å². The molecule has 1 aromatic heterocycles. The van der Waals surface area contributed by atoms with Gasteiger partial charge >= 0.3 is 5.97 Å². The second kappa shape index (κ2) is 5.42.